The number of hydrogen-bond acceptors (Lipinski definition) is 4. The number of anilines is 1. The molecule has 0 unspecified atom stereocenters. The second-order valence-corrected chi connectivity index (χ2v) is 4.72. The van der Waals surface area contributed by atoms with E-state index in [0.717, 1.165) is 34.6 Å². The molecule has 0 radical (unpaired) electrons. The van der Waals surface area contributed by atoms with Crippen molar-refractivity contribution in [2.24, 2.45) is 0 Å². The van der Waals surface area contributed by atoms with Gasteiger partial charge in [0.25, 0.3) is 0 Å². The zero-order chi connectivity index (χ0) is 11.9. The lowest BCUT2D eigenvalue weighted by Crippen LogP contribution is -2.07. The van der Waals surface area contributed by atoms with Crippen LogP contribution in [0.4, 0.5) is 5.82 Å². The minimum Gasteiger partial charge on any atom is -0.367 e. The highest BCUT2D eigenvalue weighted by atomic mass is 32.2. The molecule has 0 fully saturated rings. The van der Waals surface area contributed by atoms with Gasteiger partial charge in [0, 0.05) is 28.8 Å². The molecule has 1 aromatic carbocycles. The minimum atomic E-state index is 0.863. The average molecular weight is 245 g/mol. The van der Waals surface area contributed by atoms with Crippen molar-refractivity contribution >= 4 is 28.4 Å². The number of hydrogen-bond donors (Lipinski definition) is 1. The molecule has 0 atom stereocenters. The maximum absolute atomic E-state index is 4.13. The highest BCUT2D eigenvalue weighted by Gasteiger charge is 2.01. The molecule has 0 aliphatic carbocycles. The minimum absolute atomic E-state index is 0.863. The van der Waals surface area contributed by atoms with E-state index in [1.165, 1.54) is 0 Å². The molecule has 1 aromatic heterocycles. The van der Waals surface area contributed by atoms with E-state index in [1.807, 2.05) is 36.0 Å². The van der Waals surface area contributed by atoms with Crippen LogP contribution in [0.15, 0.2) is 43.1 Å². The Morgan fingerprint density at radius 2 is 2.24 bits per heavy atom. The Kier molecular flexibility index (Phi) is 4.38. The second kappa shape index (κ2) is 6.25. The fourth-order valence-corrected chi connectivity index (χ4v) is 2.15. The predicted molar refractivity (Wildman–Crippen MR) is 75.5 cm³/mol. The summed E-state index contributed by atoms with van der Waals surface area (Å²) in [5.74, 6) is 2.89. The zero-order valence-corrected chi connectivity index (χ0v) is 10.4. The number of benzene rings is 1. The van der Waals surface area contributed by atoms with Gasteiger partial charge < -0.3 is 5.32 Å². The summed E-state index contributed by atoms with van der Waals surface area (Å²) in [7, 11) is 0. The highest BCUT2D eigenvalue weighted by molar-refractivity contribution is 7.99. The van der Waals surface area contributed by atoms with Crippen molar-refractivity contribution in [1.82, 2.24) is 10.2 Å². The predicted octanol–water partition coefficient (Wildman–Crippen LogP) is 2.96. The molecule has 88 valence electrons. The van der Waals surface area contributed by atoms with E-state index in [-0.39, 0.29) is 0 Å². The Morgan fingerprint density at radius 3 is 3.12 bits per heavy atom. The standard InChI is InChI=1S/C13H15N3S/c1-2-8-17-9-7-14-13-12-6-4-3-5-11(12)10-15-16-13/h2-6,10H,1,7-9H2,(H,14,16). The van der Waals surface area contributed by atoms with Gasteiger partial charge in [0.15, 0.2) is 5.82 Å². The van der Waals surface area contributed by atoms with Crippen molar-refractivity contribution < 1.29 is 0 Å². The number of aromatic nitrogens is 2. The van der Waals surface area contributed by atoms with Crippen molar-refractivity contribution in [1.29, 1.82) is 0 Å². The van der Waals surface area contributed by atoms with Crippen LogP contribution in [-0.2, 0) is 0 Å². The molecule has 3 nitrogen and oxygen atoms in total. The summed E-state index contributed by atoms with van der Waals surface area (Å²) in [6.45, 7) is 4.58. The van der Waals surface area contributed by atoms with Crippen LogP contribution in [0.25, 0.3) is 10.8 Å². The third kappa shape index (κ3) is 3.20. The summed E-state index contributed by atoms with van der Waals surface area (Å²) in [6.07, 6.45) is 3.70. The normalized spacial score (nSPS) is 10.4. The number of thioether (sulfide) groups is 1. The Morgan fingerprint density at radius 1 is 1.35 bits per heavy atom. The molecule has 0 spiro atoms. The first-order valence-corrected chi connectivity index (χ1v) is 6.70. The summed E-state index contributed by atoms with van der Waals surface area (Å²) >= 11 is 1.85. The molecule has 0 saturated heterocycles. The van der Waals surface area contributed by atoms with E-state index >= 15 is 0 Å². The molecular formula is C13H15N3S. The molecule has 0 aliphatic heterocycles. The van der Waals surface area contributed by atoms with Crippen LogP contribution in [-0.4, -0.2) is 28.2 Å². The average Bonchev–Trinajstić information content (AvgIpc) is 2.39. The maximum Gasteiger partial charge on any atom is 0.156 e. The van der Waals surface area contributed by atoms with Crippen LogP contribution >= 0.6 is 11.8 Å². The van der Waals surface area contributed by atoms with E-state index in [4.69, 9.17) is 0 Å². The molecule has 0 amide bonds. The Hall–Kier alpha value is -1.55. The van der Waals surface area contributed by atoms with Gasteiger partial charge in [-0.15, -0.1) is 11.7 Å². The van der Waals surface area contributed by atoms with Crippen LogP contribution in [0.5, 0.6) is 0 Å². The van der Waals surface area contributed by atoms with E-state index in [2.05, 4.69) is 28.2 Å². The topological polar surface area (TPSA) is 37.8 Å². The summed E-state index contributed by atoms with van der Waals surface area (Å²) in [6, 6.07) is 8.13. The fraction of sp³-hybridized carbons (Fsp3) is 0.231. The van der Waals surface area contributed by atoms with Crippen molar-refractivity contribution in [3.8, 4) is 0 Å². The third-order valence-corrected chi connectivity index (χ3v) is 3.31. The second-order valence-electron chi connectivity index (χ2n) is 3.57. The van der Waals surface area contributed by atoms with Crippen molar-refractivity contribution in [3.05, 3.63) is 43.1 Å². The summed E-state index contributed by atoms with van der Waals surface area (Å²) in [5.41, 5.74) is 0. The first kappa shape index (κ1) is 11.9. The lowest BCUT2D eigenvalue weighted by Gasteiger charge is -2.06. The monoisotopic (exact) mass is 245 g/mol. The first-order chi connectivity index (χ1) is 8.42. The number of nitrogens with one attached hydrogen (secondary N) is 1. The van der Waals surface area contributed by atoms with E-state index in [1.54, 1.807) is 6.20 Å². The van der Waals surface area contributed by atoms with E-state index in [9.17, 15) is 0 Å². The van der Waals surface area contributed by atoms with Gasteiger partial charge in [-0.25, -0.2) is 0 Å². The van der Waals surface area contributed by atoms with Gasteiger partial charge >= 0.3 is 0 Å². The summed E-state index contributed by atoms with van der Waals surface area (Å²) in [5, 5.41) is 13.7. The molecule has 2 rings (SSSR count). The summed E-state index contributed by atoms with van der Waals surface area (Å²) in [4.78, 5) is 0. The number of rotatable bonds is 6. The molecule has 0 saturated carbocycles. The van der Waals surface area contributed by atoms with Crippen LogP contribution in [0.3, 0.4) is 0 Å². The highest BCUT2D eigenvalue weighted by Crippen LogP contribution is 2.18. The number of fused-ring (bicyclic) bond motifs is 1. The van der Waals surface area contributed by atoms with Crippen LogP contribution in [0.1, 0.15) is 0 Å². The smallest absolute Gasteiger partial charge is 0.156 e. The molecule has 1 N–H and O–H groups in total. The molecule has 1 heterocycles. The molecule has 2 aromatic rings. The number of nitrogens with zero attached hydrogens (tertiary/aromatic N) is 2. The molecule has 4 heteroatoms. The maximum atomic E-state index is 4.13. The van der Waals surface area contributed by atoms with Crippen molar-refractivity contribution in [2.75, 3.05) is 23.4 Å². The van der Waals surface area contributed by atoms with Gasteiger partial charge in [-0.2, -0.15) is 16.9 Å². The van der Waals surface area contributed by atoms with Gasteiger partial charge in [0.05, 0.1) is 6.20 Å². The van der Waals surface area contributed by atoms with Crippen LogP contribution in [0.2, 0.25) is 0 Å². The van der Waals surface area contributed by atoms with E-state index < -0.39 is 0 Å². The third-order valence-electron chi connectivity index (χ3n) is 2.35. The van der Waals surface area contributed by atoms with Crippen LogP contribution < -0.4 is 5.32 Å². The van der Waals surface area contributed by atoms with Gasteiger partial charge in [0.2, 0.25) is 0 Å². The van der Waals surface area contributed by atoms with Gasteiger partial charge in [-0.3, -0.25) is 0 Å². The molecule has 0 aliphatic rings. The van der Waals surface area contributed by atoms with Crippen LogP contribution in [0, 0.1) is 0 Å². The fourth-order valence-electron chi connectivity index (χ4n) is 1.57. The lowest BCUT2D eigenvalue weighted by atomic mass is 10.2. The van der Waals surface area contributed by atoms with Crippen molar-refractivity contribution in [3.63, 3.8) is 0 Å². The van der Waals surface area contributed by atoms with Gasteiger partial charge in [-0.05, 0) is 0 Å². The lowest BCUT2D eigenvalue weighted by molar-refractivity contribution is 1.03. The van der Waals surface area contributed by atoms with Gasteiger partial charge in [0.1, 0.15) is 0 Å². The van der Waals surface area contributed by atoms with Gasteiger partial charge in [-0.1, -0.05) is 30.3 Å². The largest absolute Gasteiger partial charge is 0.367 e. The molecular weight excluding hydrogens is 230 g/mol. The Labute approximate surface area is 105 Å². The van der Waals surface area contributed by atoms with E-state index in [0.29, 0.717) is 0 Å². The molecule has 17 heavy (non-hydrogen) atoms. The Bertz CT molecular complexity index is 493. The zero-order valence-electron chi connectivity index (χ0n) is 9.60. The SMILES string of the molecule is C=CCSCCNc1nncc2ccccc12. The van der Waals surface area contributed by atoms with Crippen molar-refractivity contribution in [2.45, 2.75) is 0 Å². The molecule has 0 bridgehead atoms. The first-order valence-electron chi connectivity index (χ1n) is 5.55. The Balaban J connectivity index is 2.01. The summed E-state index contributed by atoms with van der Waals surface area (Å²) < 4.78 is 0. The quantitative estimate of drug-likeness (QED) is 0.627.